The molecule has 0 atom stereocenters. The van der Waals surface area contributed by atoms with Crippen molar-refractivity contribution in [1.82, 2.24) is 0 Å². The van der Waals surface area contributed by atoms with Crippen molar-refractivity contribution in [3.8, 4) is 11.1 Å². The monoisotopic (exact) mass is 498 g/mol. The van der Waals surface area contributed by atoms with E-state index in [1.54, 1.807) is 0 Å². The highest BCUT2D eigenvalue weighted by Crippen LogP contribution is 2.47. The molecular formula is C31H43FS2. The topological polar surface area (TPSA) is 0 Å². The van der Waals surface area contributed by atoms with E-state index in [9.17, 15) is 0 Å². The van der Waals surface area contributed by atoms with Crippen molar-refractivity contribution < 1.29 is 4.39 Å². The summed E-state index contributed by atoms with van der Waals surface area (Å²) in [7, 11) is 0. The molecule has 1 saturated carbocycles. The second-order valence-electron chi connectivity index (χ2n) is 10.6. The fourth-order valence-electron chi connectivity index (χ4n) is 5.70. The third kappa shape index (κ3) is 7.06. The molecule has 0 unspecified atom stereocenters. The smallest absolute Gasteiger partial charge is 0.131 e. The molecule has 1 heterocycles. The highest BCUT2D eigenvalue weighted by atomic mass is 32.2. The molecule has 0 N–H and O–H groups in total. The maximum absolute atomic E-state index is 15.2. The van der Waals surface area contributed by atoms with Crippen molar-refractivity contribution in [3.63, 3.8) is 0 Å². The van der Waals surface area contributed by atoms with E-state index in [2.05, 4.69) is 67.7 Å². The Hall–Kier alpha value is -0.930. The van der Waals surface area contributed by atoms with E-state index < -0.39 is 0 Å². The molecular weight excluding hydrogens is 455 g/mol. The first-order valence-electron chi connectivity index (χ1n) is 13.8. The molecule has 1 saturated heterocycles. The predicted molar refractivity (Wildman–Crippen MR) is 151 cm³/mol. The van der Waals surface area contributed by atoms with Gasteiger partial charge in [-0.2, -0.15) is 0 Å². The molecule has 34 heavy (non-hydrogen) atoms. The molecule has 0 aromatic heterocycles. The van der Waals surface area contributed by atoms with E-state index in [1.807, 2.05) is 12.1 Å². The van der Waals surface area contributed by atoms with Gasteiger partial charge in [0.15, 0.2) is 0 Å². The summed E-state index contributed by atoms with van der Waals surface area (Å²) in [5.41, 5.74) is 4.32. The summed E-state index contributed by atoms with van der Waals surface area (Å²) in [5, 5.41) is 0. The third-order valence-corrected chi connectivity index (χ3v) is 11.2. The van der Waals surface area contributed by atoms with Gasteiger partial charge in [0.25, 0.3) is 0 Å². The predicted octanol–water partition coefficient (Wildman–Crippen LogP) is 10.6. The Kier molecular flexibility index (Phi) is 10.3. The normalized spacial score (nSPS) is 25.4. The van der Waals surface area contributed by atoms with Gasteiger partial charge in [-0.25, -0.2) is 4.39 Å². The van der Waals surface area contributed by atoms with Gasteiger partial charge in [-0.15, -0.1) is 23.5 Å². The largest absolute Gasteiger partial charge is 0.206 e. The number of hydrogen-bond acceptors (Lipinski definition) is 2. The molecule has 0 bridgehead atoms. The zero-order valence-electron chi connectivity index (χ0n) is 21.2. The van der Waals surface area contributed by atoms with Crippen molar-refractivity contribution in [1.29, 1.82) is 0 Å². The minimum absolute atomic E-state index is 0.0605. The van der Waals surface area contributed by atoms with Crippen molar-refractivity contribution in [2.75, 3.05) is 11.5 Å². The fraction of sp³-hybridized carbons (Fsp3) is 0.613. The molecule has 1 aliphatic heterocycles. The van der Waals surface area contributed by atoms with Crippen LogP contribution in [0.15, 0.2) is 42.5 Å². The molecule has 2 aromatic carbocycles. The van der Waals surface area contributed by atoms with Gasteiger partial charge in [0, 0.05) is 5.56 Å². The summed E-state index contributed by atoms with van der Waals surface area (Å²) in [4.78, 5) is 0. The van der Waals surface area contributed by atoms with Crippen LogP contribution in [0.25, 0.3) is 11.1 Å². The van der Waals surface area contributed by atoms with Crippen LogP contribution in [0.3, 0.4) is 0 Å². The molecule has 0 nitrogen and oxygen atoms in total. The van der Waals surface area contributed by atoms with Crippen LogP contribution in [0.5, 0.6) is 0 Å². The molecule has 0 amide bonds. The minimum atomic E-state index is -0.0605. The van der Waals surface area contributed by atoms with Crippen LogP contribution in [0, 0.1) is 17.7 Å². The lowest BCUT2D eigenvalue weighted by molar-refractivity contribution is 0.304. The molecule has 2 fully saturated rings. The summed E-state index contributed by atoms with van der Waals surface area (Å²) >= 11 is 4.20. The van der Waals surface area contributed by atoms with E-state index in [0.29, 0.717) is 10.5 Å². The van der Waals surface area contributed by atoms with Crippen molar-refractivity contribution >= 4 is 23.5 Å². The van der Waals surface area contributed by atoms with Gasteiger partial charge in [0.05, 0.1) is 4.58 Å². The summed E-state index contributed by atoms with van der Waals surface area (Å²) in [6.45, 7) is 4.56. The second kappa shape index (κ2) is 13.4. The molecule has 4 rings (SSSR count). The number of hydrogen-bond donors (Lipinski definition) is 0. The number of benzene rings is 2. The average molecular weight is 499 g/mol. The third-order valence-electron chi connectivity index (χ3n) is 7.95. The molecule has 0 radical (unpaired) electrons. The lowest BCUT2D eigenvalue weighted by Gasteiger charge is -2.29. The van der Waals surface area contributed by atoms with Crippen molar-refractivity contribution in [2.24, 2.45) is 11.8 Å². The maximum Gasteiger partial charge on any atom is 0.131 e. The van der Waals surface area contributed by atoms with Gasteiger partial charge in [-0.05, 0) is 84.1 Å². The lowest BCUT2D eigenvalue weighted by atomic mass is 9.77. The SMILES string of the molecule is CCCCCC1CSC(c2ccc(-c3ccc(C4CCC(CCCC)CC4)cc3F)cc2)SC1. The van der Waals surface area contributed by atoms with Gasteiger partial charge in [-0.3, -0.25) is 0 Å². The Labute approximate surface area is 216 Å². The molecule has 3 heteroatoms. The number of thioether (sulfide) groups is 2. The average Bonchev–Trinajstić information content (AvgIpc) is 2.88. The fourth-order valence-corrected chi connectivity index (χ4v) is 8.87. The first-order valence-corrected chi connectivity index (χ1v) is 15.9. The van der Waals surface area contributed by atoms with Crippen LogP contribution < -0.4 is 0 Å². The van der Waals surface area contributed by atoms with E-state index >= 15 is 4.39 Å². The summed E-state index contributed by atoms with van der Waals surface area (Å²) < 4.78 is 15.7. The van der Waals surface area contributed by atoms with Crippen LogP contribution in [0.2, 0.25) is 0 Å². The quantitative estimate of drug-likeness (QED) is 0.299. The van der Waals surface area contributed by atoms with E-state index in [0.717, 1.165) is 23.0 Å². The highest BCUT2D eigenvalue weighted by molar-refractivity contribution is 8.16. The molecule has 1 aliphatic carbocycles. The number of rotatable bonds is 10. The second-order valence-corrected chi connectivity index (χ2v) is 13.2. The Balaban J connectivity index is 1.32. The Morgan fingerprint density at radius 1 is 0.735 bits per heavy atom. The van der Waals surface area contributed by atoms with Gasteiger partial charge in [0.1, 0.15) is 5.82 Å². The zero-order valence-corrected chi connectivity index (χ0v) is 22.9. The molecule has 2 aromatic rings. The van der Waals surface area contributed by atoms with Crippen LogP contribution in [0.1, 0.15) is 106 Å². The number of unbranched alkanes of at least 4 members (excludes halogenated alkanes) is 3. The first kappa shape index (κ1) is 26.1. The summed E-state index contributed by atoms with van der Waals surface area (Å²) in [5.74, 6) is 4.80. The van der Waals surface area contributed by atoms with Gasteiger partial charge in [0.2, 0.25) is 0 Å². The van der Waals surface area contributed by atoms with Crippen molar-refractivity contribution in [3.05, 3.63) is 59.4 Å². The lowest BCUT2D eigenvalue weighted by Crippen LogP contribution is -2.14. The standard InChI is InChI=1S/C31H43FS2/c1-3-5-7-9-24-21-33-31(34-22-24)27-16-14-26(15-17-27)29-19-18-28(20-30(29)32)25-12-10-23(11-13-25)8-6-4-2/h14-20,23-25,31H,3-13,21-22H2,1-2H3. The molecule has 0 spiro atoms. The van der Waals surface area contributed by atoms with Gasteiger partial charge in [-0.1, -0.05) is 88.8 Å². The Morgan fingerprint density at radius 2 is 1.38 bits per heavy atom. The van der Waals surface area contributed by atoms with E-state index in [4.69, 9.17) is 0 Å². The number of halogens is 1. The molecule has 186 valence electrons. The summed E-state index contributed by atoms with van der Waals surface area (Å²) in [6.07, 6.45) is 14.5. The van der Waals surface area contributed by atoms with E-state index in [1.165, 1.54) is 93.3 Å². The minimum Gasteiger partial charge on any atom is -0.206 e. The van der Waals surface area contributed by atoms with Crippen LogP contribution in [-0.2, 0) is 0 Å². The van der Waals surface area contributed by atoms with Crippen LogP contribution in [0.4, 0.5) is 4.39 Å². The van der Waals surface area contributed by atoms with Crippen LogP contribution in [-0.4, -0.2) is 11.5 Å². The molecule has 2 aliphatic rings. The zero-order chi connectivity index (χ0) is 23.8. The van der Waals surface area contributed by atoms with Gasteiger partial charge < -0.3 is 0 Å². The Bertz CT molecular complexity index is 862. The maximum atomic E-state index is 15.2. The highest BCUT2D eigenvalue weighted by Gasteiger charge is 2.24. The van der Waals surface area contributed by atoms with Gasteiger partial charge >= 0.3 is 0 Å². The van der Waals surface area contributed by atoms with Crippen LogP contribution >= 0.6 is 23.5 Å². The summed E-state index contributed by atoms with van der Waals surface area (Å²) in [6, 6.07) is 14.7. The van der Waals surface area contributed by atoms with Crippen molar-refractivity contribution in [2.45, 2.75) is 95.0 Å². The first-order chi connectivity index (χ1) is 16.7. The van der Waals surface area contributed by atoms with E-state index in [-0.39, 0.29) is 5.82 Å². The Morgan fingerprint density at radius 3 is 2.03 bits per heavy atom.